The topological polar surface area (TPSA) is 148 Å². The van der Waals surface area contributed by atoms with E-state index in [1.807, 2.05) is 18.2 Å². The van der Waals surface area contributed by atoms with E-state index in [4.69, 9.17) is 28.9 Å². The summed E-state index contributed by atoms with van der Waals surface area (Å²) in [4.78, 5) is 48.6. The molecule has 8 rings (SSSR count). The lowest BCUT2D eigenvalue weighted by Gasteiger charge is -2.48. The van der Waals surface area contributed by atoms with E-state index >= 15 is 0 Å². The second kappa shape index (κ2) is 17.3. The van der Waals surface area contributed by atoms with Crippen LogP contribution in [-0.4, -0.2) is 89.6 Å². The zero-order valence-corrected chi connectivity index (χ0v) is 33.4. The van der Waals surface area contributed by atoms with Gasteiger partial charge in [-0.1, -0.05) is 88.1 Å². The van der Waals surface area contributed by atoms with Gasteiger partial charge in [-0.3, -0.25) is 19.2 Å². The Morgan fingerprint density at radius 1 is 0.912 bits per heavy atom. The number of epoxide rings is 1. The molecule has 3 N–H and O–H groups in total. The van der Waals surface area contributed by atoms with Gasteiger partial charge in [0.1, 0.15) is 29.8 Å². The highest BCUT2D eigenvalue weighted by Crippen LogP contribution is 2.58. The Balaban J connectivity index is 1.05. The molecule has 2 bridgehead atoms. The van der Waals surface area contributed by atoms with E-state index in [0.29, 0.717) is 23.7 Å². The standard InChI is InChI=1S/C45H59N3O9/c1-3-5-7-20-44(21-8-6-4-2)55-37-36-26-45(43(52)47-27-32-10-9-11-33(24-32)41(50)46-22-23-49)39(42(51)54-36)48(57-40(45)38(37)56-44)28-31-16-13-29(14-17-31)12-15-30-18-19-34-35(25-30)53-34/h9-17,24,30,34-40,49H,3-8,18-23,25-28H2,1-2H3,(H,46,50)(H,47,52)/t30?,34?,35?,36-,37+,38+,39+,40-,45+/m1/s1. The molecule has 2 aromatic rings. The van der Waals surface area contributed by atoms with E-state index in [9.17, 15) is 14.4 Å². The molecule has 308 valence electrons. The summed E-state index contributed by atoms with van der Waals surface area (Å²) >= 11 is 0. The van der Waals surface area contributed by atoms with E-state index in [1.54, 1.807) is 23.3 Å². The van der Waals surface area contributed by atoms with E-state index in [0.717, 1.165) is 87.3 Å². The smallest absolute Gasteiger partial charge is 0.327 e. The third-order valence-corrected chi connectivity index (χ3v) is 13.0. The zero-order chi connectivity index (χ0) is 39.6. The van der Waals surface area contributed by atoms with Crippen molar-refractivity contribution in [1.29, 1.82) is 0 Å². The highest BCUT2D eigenvalue weighted by Gasteiger charge is 2.76. The Morgan fingerprint density at radius 3 is 2.42 bits per heavy atom. The molecule has 4 heterocycles. The van der Waals surface area contributed by atoms with Crippen LogP contribution < -0.4 is 10.6 Å². The number of amides is 2. The van der Waals surface area contributed by atoms with Crippen LogP contribution in [0.2, 0.25) is 0 Å². The van der Waals surface area contributed by atoms with Crippen molar-refractivity contribution in [3.8, 4) is 0 Å². The Kier molecular flexibility index (Phi) is 12.2. The molecule has 9 atom stereocenters. The molecular formula is C45H59N3O9. The molecule has 0 aromatic heterocycles. The molecule has 0 spiro atoms. The Hall–Kier alpha value is -3.65. The molecule has 2 aromatic carbocycles. The minimum Gasteiger partial charge on any atom is -0.458 e. The number of allylic oxidation sites excluding steroid dienone is 1. The lowest BCUT2D eigenvalue weighted by atomic mass is 9.62. The quantitative estimate of drug-likeness (QED) is 0.0971. The largest absolute Gasteiger partial charge is 0.458 e. The third-order valence-electron chi connectivity index (χ3n) is 13.0. The molecule has 6 aliphatic rings. The molecule has 2 amide bonds. The van der Waals surface area contributed by atoms with Gasteiger partial charge in [-0.05, 0) is 66.8 Å². The van der Waals surface area contributed by atoms with Gasteiger partial charge < -0.3 is 34.7 Å². The summed E-state index contributed by atoms with van der Waals surface area (Å²) in [6.07, 6.45) is 13.9. The van der Waals surface area contributed by atoms with Crippen LogP contribution in [0.15, 0.2) is 54.6 Å². The number of aliphatic hydroxyl groups excluding tert-OH is 1. The van der Waals surface area contributed by atoms with Crippen LogP contribution in [0.1, 0.15) is 118 Å². The van der Waals surface area contributed by atoms with Crippen LogP contribution in [0.25, 0.3) is 6.08 Å². The predicted octanol–water partition coefficient (Wildman–Crippen LogP) is 5.75. The van der Waals surface area contributed by atoms with Crippen molar-refractivity contribution in [1.82, 2.24) is 15.7 Å². The van der Waals surface area contributed by atoms with Gasteiger partial charge in [0.25, 0.3) is 5.91 Å². The third kappa shape index (κ3) is 8.31. The highest BCUT2D eigenvalue weighted by atomic mass is 16.8. The fraction of sp³-hybridized carbons (Fsp3) is 0.622. The molecule has 57 heavy (non-hydrogen) atoms. The molecular weight excluding hydrogens is 727 g/mol. The second-order valence-corrected chi connectivity index (χ2v) is 17.0. The van der Waals surface area contributed by atoms with Crippen molar-refractivity contribution >= 4 is 23.9 Å². The molecule has 4 aliphatic heterocycles. The number of hydrogen-bond acceptors (Lipinski definition) is 10. The minimum absolute atomic E-state index is 0.133. The molecule has 4 saturated heterocycles. The lowest BCUT2D eigenvalue weighted by Crippen LogP contribution is -2.69. The maximum atomic E-state index is 14.9. The number of nitrogens with zero attached hydrogens (tertiary/aromatic N) is 1. The number of esters is 1. The number of carbonyl (C=O) groups excluding carboxylic acids is 3. The Labute approximate surface area is 335 Å². The lowest BCUT2D eigenvalue weighted by molar-refractivity contribution is -0.224. The highest BCUT2D eigenvalue weighted by molar-refractivity contribution is 5.95. The van der Waals surface area contributed by atoms with Gasteiger partial charge >= 0.3 is 5.97 Å². The molecule has 6 fully saturated rings. The number of nitrogens with one attached hydrogen (secondary N) is 2. The number of ether oxygens (including phenoxy) is 4. The fourth-order valence-electron chi connectivity index (χ4n) is 9.91. The Bertz CT molecular complexity index is 1780. The summed E-state index contributed by atoms with van der Waals surface area (Å²) in [7, 11) is 0. The molecule has 12 heteroatoms. The fourth-order valence-corrected chi connectivity index (χ4v) is 9.91. The maximum Gasteiger partial charge on any atom is 0.327 e. The summed E-state index contributed by atoms with van der Waals surface area (Å²) in [6, 6.07) is 14.2. The minimum atomic E-state index is -1.31. The molecule has 2 aliphatic carbocycles. The van der Waals surface area contributed by atoms with Crippen LogP contribution in [0.5, 0.6) is 0 Å². The first-order valence-corrected chi connectivity index (χ1v) is 21.4. The van der Waals surface area contributed by atoms with Crippen molar-refractivity contribution in [2.45, 2.75) is 152 Å². The molecule has 2 saturated carbocycles. The number of rotatable bonds is 18. The van der Waals surface area contributed by atoms with Gasteiger partial charge in [0, 0.05) is 37.9 Å². The number of hydroxylamine groups is 2. The van der Waals surface area contributed by atoms with Crippen molar-refractivity contribution in [3.05, 3.63) is 76.9 Å². The first kappa shape index (κ1) is 40.1. The summed E-state index contributed by atoms with van der Waals surface area (Å²) in [6.45, 7) is 4.73. The Morgan fingerprint density at radius 2 is 1.68 bits per heavy atom. The normalized spacial score (nSPS) is 32.1. The number of aliphatic hydroxyl groups is 1. The van der Waals surface area contributed by atoms with Gasteiger partial charge in [0.2, 0.25) is 5.91 Å². The summed E-state index contributed by atoms with van der Waals surface area (Å²) in [5.41, 5.74) is 1.87. The average molecular weight is 786 g/mol. The van der Waals surface area contributed by atoms with E-state index in [1.165, 1.54) is 0 Å². The maximum absolute atomic E-state index is 14.9. The van der Waals surface area contributed by atoms with E-state index in [2.05, 4.69) is 48.8 Å². The molecule has 3 unspecified atom stereocenters. The second-order valence-electron chi connectivity index (χ2n) is 17.0. The predicted molar refractivity (Wildman–Crippen MR) is 211 cm³/mol. The van der Waals surface area contributed by atoms with Crippen molar-refractivity contribution in [2.24, 2.45) is 11.3 Å². The zero-order valence-electron chi connectivity index (χ0n) is 33.4. The van der Waals surface area contributed by atoms with E-state index in [-0.39, 0.29) is 44.5 Å². The molecule has 0 radical (unpaired) electrons. The first-order chi connectivity index (χ1) is 27.8. The van der Waals surface area contributed by atoms with Gasteiger partial charge in [-0.2, -0.15) is 5.06 Å². The SMILES string of the molecule is CCCCCC1(CCCCC)O[C@@H]2[C@H](O1)[C@H]1ON(Cc3ccc(C=CC4CCC5OC5C4)cc3)[C@H]3C(=O)O[C@@H]2C[C@@]13C(=O)NCc1cccc(C(=O)NCCO)c1. The summed E-state index contributed by atoms with van der Waals surface area (Å²) < 4.78 is 25.9. The number of fused-ring (bicyclic) bond motifs is 5. The van der Waals surface area contributed by atoms with Crippen molar-refractivity contribution in [3.63, 3.8) is 0 Å². The van der Waals surface area contributed by atoms with Gasteiger partial charge in [-0.15, -0.1) is 0 Å². The summed E-state index contributed by atoms with van der Waals surface area (Å²) in [5, 5.41) is 16.6. The van der Waals surface area contributed by atoms with Crippen molar-refractivity contribution < 1.29 is 43.3 Å². The van der Waals surface area contributed by atoms with Gasteiger partial charge in [-0.25, -0.2) is 0 Å². The number of carbonyl (C=O) groups is 3. The van der Waals surface area contributed by atoms with Crippen LogP contribution in [-0.2, 0) is 46.5 Å². The first-order valence-electron chi connectivity index (χ1n) is 21.4. The molecule has 12 nitrogen and oxygen atoms in total. The van der Waals surface area contributed by atoms with Crippen LogP contribution in [0, 0.1) is 11.3 Å². The number of benzene rings is 2. The summed E-state index contributed by atoms with van der Waals surface area (Å²) in [5.74, 6) is -1.45. The number of unbranched alkanes of at least 4 members (excludes halogenated alkanes) is 4. The van der Waals surface area contributed by atoms with Crippen LogP contribution >= 0.6 is 0 Å². The van der Waals surface area contributed by atoms with Gasteiger partial charge in [0.05, 0.1) is 25.4 Å². The van der Waals surface area contributed by atoms with Crippen molar-refractivity contribution in [2.75, 3.05) is 13.2 Å². The van der Waals surface area contributed by atoms with Gasteiger partial charge in [0.15, 0.2) is 11.8 Å². The van der Waals surface area contributed by atoms with Crippen LogP contribution in [0.4, 0.5) is 0 Å². The number of hydrogen-bond donors (Lipinski definition) is 3. The van der Waals surface area contributed by atoms with Crippen LogP contribution in [0.3, 0.4) is 0 Å². The average Bonchev–Trinajstić information content (AvgIpc) is 3.77. The monoisotopic (exact) mass is 785 g/mol. The van der Waals surface area contributed by atoms with E-state index < -0.39 is 47.6 Å².